The first-order valence-corrected chi connectivity index (χ1v) is 8.87. The molecule has 3 heteroatoms. The van der Waals surface area contributed by atoms with E-state index in [0.29, 0.717) is 0 Å². The van der Waals surface area contributed by atoms with E-state index in [-0.39, 0.29) is 0 Å². The van der Waals surface area contributed by atoms with Gasteiger partial charge in [-0.25, -0.2) is 0 Å². The maximum atomic E-state index is 6.26. The molecule has 3 aromatic carbocycles. The van der Waals surface area contributed by atoms with Gasteiger partial charge in [-0.3, -0.25) is 4.98 Å². The number of pyridine rings is 1. The Morgan fingerprint density at radius 3 is 2.15 bits per heavy atom. The van der Waals surface area contributed by atoms with E-state index in [1.807, 2.05) is 30.3 Å². The molecule has 0 saturated heterocycles. The molecule has 4 rings (SSSR count). The highest BCUT2D eigenvalue weighted by atomic mass is 16.5. The van der Waals surface area contributed by atoms with Crippen molar-refractivity contribution < 1.29 is 9.47 Å². The Hall–Kier alpha value is -3.17. The van der Waals surface area contributed by atoms with Crippen LogP contribution in [0.25, 0.3) is 10.8 Å². The molecule has 4 aromatic rings. The molecule has 3 nitrogen and oxygen atoms in total. The van der Waals surface area contributed by atoms with Gasteiger partial charge >= 0.3 is 0 Å². The van der Waals surface area contributed by atoms with Crippen molar-refractivity contribution in [2.24, 2.45) is 0 Å². The average molecular weight is 355 g/mol. The second-order valence-electron chi connectivity index (χ2n) is 6.42. The molecule has 0 fully saturated rings. The largest absolute Gasteiger partial charge is 0.497 e. The van der Waals surface area contributed by atoms with Crippen LogP contribution in [0.2, 0.25) is 0 Å². The van der Waals surface area contributed by atoms with E-state index in [2.05, 4.69) is 53.5 Å². The monoisotopic (exact) mass is 355 g/mol. The first-order valence-electron chi connectivity index (χ1n) is 8.87. The van der Waals surface area contributed by atoms with Gasteiger partial charge in [0.1, 0.15) is 11.4 Å². The number of benzene rings is 3. The Kier molecular flexibility index (Phi) is 4.61. The Morgan fingerprint density at radius 2 is 1.41 bits per heavy atom. The molecule has 1 heterocycles. The summed E-state index contributed by atoms with van der Waals surface area (Å²) in [5.74, 6) is 0.795. The number of fused-ring (bicyclic) bond motifs is 1. The summed E-state index contributed by atoms with van der Waals surface area (Å²) in [5, 5.41) is 2.38. The lowest BCUT2D eigenvalue weighted by Crippen LogP contribution is -2.31. The van der Waals surface area contributed by atoms with E-state index < -0.39 is 5.60 Å². The standard InChI is InChI=1S/C24H21NO2/c1-26-23-9-5-8-21(17-23)24(27-2,20-12-14-25-15-13-20)22-11-10-18-6-3-4-7-19(18)16-22/h3-17H,1-2H3. The quantitative estimate of drug-likeness (QED) is 0.494. The van der Waals surface area contributed by atoms with Crippen molar-refractivity contribution in [3.63, 3.8) is 0 Å². The summed E-state index contributed by atoms with van der Waals surface area (Å²) in [6.07, 6.45) is 3.59. The van der Waals surface area contributed by atoms with Gasteiger partial charge in [0.15, 0.2) is 0 Å². The summed E-state index contributed by atoms with van der Waals surface area (Å²) >= 11 is 0. The highest BCUT2D eigenvalue weighted by Gasteiger charge is 2.37. The minimum absolute atomic E-state index is 0.762. The van der Waals surface area contributed by atoms with Crippen LogP contribution < -0.4 is 4.74 Å². The van der Waals surface area contributed by atoms with Crippen LogP contribution in [0.15, 0.2) is 91.3 Å². The van der Waals surface area contributed by atoms with E-state index in [1.54, 1.807) is 26.6 Å². The average Bonchev–Trinajstić information content (AvgIpc) is 2.75. The summed E-state index contributed by atoms with van der Waals surface area (Å²) in [6, 6.07) is 26.8. The lowest BCUT2D eigenvalue weighted by molar-refractivity contribution is 0.0583. The topological polar surface area (TPSA) is 31.4 Å². The fourth-order valence-electron chi connectivity index (χ4n) is 3.69. The second kappa shape index (κ2) is 7.22. The molecule has 1 atom stereocenters. The molecule has 0 N–H and O–H groups in total. The fourth-order valence-corrected chi connectivity index (χ4v) is 3.69. The summed E-state index contributed by atoms with van der Waals surface area (Å²) in [6.45, 7) is 0. The molecular formula is C24H21NO2. The van der Waals surface area contributed by atoms with Gasteiger partial charge < -0.3 is 9.47 Å². The SMILES string of the molecule is COc1cccc(C(OC)(c2ccncc2)c2ccc3ccccc3c2)c1. The third-order valence-electron chi connectivity index (χ3n) is 5.03. The van der Waals surface area contributed by atoms with Gasteiger partial charge in [-0.05, 0) is 57.8 Å². The fraction of sp³-hybridized carbons (Fsp3) is 0.125. The van der Waals surface area contributed by atoms with Crippen molar-refractivity contribution in [2.75, 3.05) is 14.2 Å². The van der Waals surface area contributed by atoms with Crippen LogP contribution in [0.1, 0.15) is 16.7 Å². The van der Waals surface area contributed by atoms with Gasteiger partial charge in [-0.15, -0.1) is 0 Å². The Balaban J connectivity index is 2.02. The van der Waals surface area contributed by atoms with Crippen LogP contribution >= 0.6 is 0 Å². The molecule has 0 amide bonds. The number of hydrogen-bond acceptors (Lipinski definition) is 3. The molecule has 0 aliphatic rings. The molecule has 1 unspecified atom stereocenters. The molecular weight excluding hydrogens is 334 g/mol. The van der Waals surface area contributed by atoms with Crippen LogP contribution in [0.3, 0.4) is 0 Å². The maximum absolute atomic E-state index is 6.26. The molecule has 0 aliphatic heterocycles. The molecule has 1 aromatic heterocycles. The van der Waals surface area contributed by atoms with E-state index in [4.69, 9.17) is 9.47 Å². The zero-order valence-corrected chi connectivity index (χ0v) is 15.4. The highest BCUT2D eigenvalue weighted by molar-refractivity contribution is 5.83. The van der Waals surface area contributed by atoms with E-state index in [0.717, 1.165) is 22.4 Å². The minimum Gasteiger partial charge on any atom is -0.497 e. The van der Waals surface area contributed by atoms with Crippen LogP contribution in [-0.2, 0) is 10.3 Å². The normalized spacial score (nSPS) is 13.3. The number of rotatable bonds is 5. The first-order chi connectivity index (χ1) is 13.3. The van der Waals surface area contributed by atoms with Crippen LogP contribution in [0, 0.1) is 0 Å². The molecule has 0 aliphatic carbocycles. The van der Waals surface area contributed by atoms with Gasteiger partial charge in [-0.1, -0.05) is 48.5 Å². The Bertz CT molecular complexity index is 1060. The number of nitrogens with zero attached hydrogens (tertiary/aromatic N) is 1. The third kappa shape index (κ3) is 2.96. The zero-order chi connectivity index (χ0) is 18.7. The van der Waals surface area contributed by atoms with Crippen molar-refractivity contribution in [1.29, 1.82) is 0 Å². The van der Waals surface area contributed by atoms with E-state index in [1.165, 1.54) is 10.8 Å². The molecule has 134 valence electrons. The van der Waals surface area contributed by atoms with E-state index in [9.17, 15) is 0 Å². The van der Waals surface area contributed by atoms with Crippen molar-refractivity contribution in [3.8, 4) is 5.75 Å². The summed E-state index contributed by atoms with van der Waals surface area (Å²) in [4.78, 5) is 4.18. The first kappa shape index (κ1) is 17.3. The highest BCUT2D eigenvalue weighted by Crippen LogP contribution is 2.41. The summed E-state index contributed by atoms with van der Waals surface area (Å²) in [5.41, 5.74) is 2.32. The smallest absolute Gasteiger partial charge is 0.143 e. The van der Waals surface area contributed by atoms with Crippen molar-refractivity contribution in [2.45, 2.75) is 5.60 Å². The van der Waals surface area contributed by atoms with Gasteiger partial charge in [0, 0.05) is 19.5 Å². The van der Waals surface area contributed by atoms with Crippen molar-refractivity contribution in [3.05, 3.63) is 108 Å². The van der Waals surface area contributed by atoms with Gasteiger partial charge in [-0.2, -0.15) is 0 Å². The maximum Gasteiger partial charge on any atom is 0.143 e. The molecule has 0 bridgehead atoms. The Labute approximate surface area is 159 Å². The lowest BCUT2D eigenvalue weighted by Gasteiger charge is -2.34. The number of hydrogen-bond donors (Lipinski definition) is 0. The van der Waals surface area contributed by atoms with Crippen LogP contribution in [0.4, 0.5) is 0 Å². The van der Waals surface area contributed by atoms with Gasteiger partial charge in [0.05, 0.1) is 7.11 Å². The predicted octanol–water partition coefficient (Wildman–Crippen LogP) is 5.18. The summed E-state index contributed by atoms with van der Waals surface area (Å²) in [7, 11) is 3.42. The predicted molar refractivity (Wildman–Crippen MR) is 108 cm³/mol. The lowest BCUT2D eigenvalue weighted by atomic mass is 9.79. The summed E-state index contributed by atoms with van der Waals surface area (Å²) < 4.78 is 11.7. The van der Waals surface area contributed by atoms with Crippen LogP contribution in [0.5, 0.6) is 5.75 Å². The molecule has 0 radical (unpaired) electrons. The van der Waals surface area contributed by atoms with Crippen molar-refractivity contribution >= 4 is 10.8 Å². The third-order valence-corrected chi connectivity index (χ3v) is 5.03. The van der Waals surface area contributed by atoms with Gasteiger partial charge in [0.25, 0.3) is 0 Å². The Morgan fingerprint density at radius 1 is 0.667 bits per heavy atom. The minimum atomic E-state index is -0.762. The number of ether oxygens (including phenoxy) is 2. The van der Waals surface area contributed by atoms with E-state index >= 15 is 0 Å². The molecule has 0 saturated carbocycles. The molecule has 27 heavy (non-hydrogen) atoms. The number of aromatic nitrogens is 1. The van der Waals surface area contributed by atoms with Crippen LogP contribution in [-0.4, -0.2) is 19.2 Å². The number of methoxy groups -OCH3 is 2. The molecule has 0 spiro atoms. The zero-order valence-electron chi connectivity index (χ0n) is 15.4. The van der Waals surface area contributed by atoms with Crippen molar-refractivity contribution in [1.82, 2.24) is 4.98 Å². The van der Waals surface area contributed by atoms with Gasteiger partial charge in [0.2, 0.25) is 0 Å². The second-order valence-corrected chi connectivity index (χ2v) is 6.42.